The summed E-state index contributed by atoms with van der Waals surface area (Å²) in [5.74, 6) is 0.644. The summed E-state index contributed by atoms with van der Waals surface area (Å²) < 4.78 is 6.00. The summed E-state index contributed by atoms with van der Waals surface area (Å²) in [6.45, 7) is 6.19. The molecule has 4 nitrogen and oxygen atoms in total. The van der Waals surface area contributed by atoms with Crippen molar-refractivity contribution in [3.63, 3.8) is 0 Å². The van der Waals surface area contributed by atoms with Crippen molar-refractivity contribution in [2.75, 3.05) is 13.1 Å². The summed E-state index contributed by atoms with van der Waals surface area (Å²) >= 11 is 0. The first-order chi connectivity index (χ1) is 15.2. The third-order valence-corrected chi connectivity index (χ3v) is 5.82. The lowest BCUT2D eigenvalue weighted by Gasteiger charge is -2.38. The normalized spacial score (nSPS) is 16.9. The van der Waals surface area contributed by atoms with E-state index in [1.807, 2.05) is 13.0 Å². The Labute approximate surface area is 184 Å². The van der Waals surface area contributed by atoms with Crippen molar-refractivity contribution < 1.29 is 9.53 Å². The lowest BCUT2D eigenvalue weighted by molar-refractivity contribution is -0.127. The van der Waals surface area contributed by atoms with Gasteiger partial charge >= 0.3 is 0 Å². The Bertz CT molecular complexity index is 1000. The summed E-state index contributed by atoms with van der Waals surface area (Å²) in [4.78, 5) is 14.7. The second-order valence-electron chi connectivity index (χ2n) is 8.03. The Morgan fingerprint density at radius 3 is 2.48 bits per heavy atom. The summed E-state index contributed by atoms with van der Waals surface area (Å²) in [5.41, 5.74) is 5.18. The van der Waals surface area contributed by atoms with E-state index in [0.717, 1.165) is 25.3 Å². The number of amides is 1. The molecule has 0 saturated carbocycles. The predicted octanol–water partition coefficient (Wildman–Crippen LogP) is 4.74. The molecule has 4 rings (SSSR count). The third-order valence-electron chi connectivity index (χ3n) is 5.82. The van der Waals surface area contributed by atoms with E-state index < -0.39 is 6.10 Å². The molecule has 1 aliphatic rings. The Morgan fingerprint density at radius 2 is 1.77 bits per heavy atom. The number of hydrogen-bond acceptors (Lipinski definition) is 3. The van der Waals surface area contributed by atoms with Gasteiger partial charge in [0.25, 0.3) is 5.91 Å². The van der Waals surface area contributed by atoms with Crippen LogP contribution in [-0.4, -0.2) is 30.0 Å². The SMILES string of the molecule is CCNC(=O)[C@H](C)Oc1ccc2c(c1)[C@@H](c1ccccc1)N(Cc1ccccc1)CC2. The molecular weight excluding hydrogens is 384 g/mol. The molecule has 0 radical (unpaired) electrons. The Hall–Kier alpha value is -3.11. The fourth-order valence-electron chi connectivity index (χ4n) is 4.31. The van der Waals surface area contributed by atoms with E-state index in [1.54, 1.807) is 6.92 Å². The fraction of sp³-hybridized carbons (Fsp3) is 0.296. The average Bonchev–Trinajstić information content (AvgIpc) is 2.80. The van der Waals surface area contributed by atoms with Gasteiger partial charge in [-0.1, -0.05) is 66.7 Å². The van der Waals surface area contributed by atoms with Crippen LogP contribution >= 0.6 is 0 Å². The van der Waals surface area contributed by atoms with Gasteiger partial charge in [0.05, 0.1) is 6.04 Å². The van der Waals surface area contributed by atoms with E-state index in [1.165, 1.54) is 22.3 Å². The van der Waals surface area contributed by atoms with E-state index in [2.05, 4.69) is 83.0 Å². The number of nitrogens with one attached hydrogen (secondary N) is 1. The lowest BCUT2D eigenvalue weighted by atomic mass is 9.87. The predicted molar refractivity (Wildman–Crippen MR) is 124 cm³/mol. The molecule has 1 heterocycles. The second-order valence-corrected chi connectivity index (χ2v) is 8.03. The lowest BCUT2D eigenvalue weighted by Crippen LogP contribution is -2.37. The zero-order valence-electron chi connectivity index (χ0n) is 18.3. The average molecular weight is 415 g/mol. The topological polar surface area (TPSA) is 41.6 Å². The maximum absolute atomic E-state index is 12.1. The minimum absolute atomic E-state index is 0.0921. The van der Waals surface area contributed by atoms with Crippen LogP contribution in [0.4, 0.5) is 0 Å². The molecular formula is C27H30N2O2. The van der Waals surface area contributed by atoms with Crippen LogP contribution < -0.4 is 10.1 Å². The molecule has 0 aromatic heterocycles. The van der Waals surface area contributed by atoms with E-state index in [-0.39, 0.29) is 11.9 Å². The van der Waals surface area contributed by atoms with Gasteiger partial charge in [-0.05, 0) is 54.7 Å². The monoisotopic (exact) mass is 414 g/mol. The Balaban J connectivity index is 1.66. The Kier molecular flexibility index (Phi) is 6.68. The summed E-state index contributed by atoms with van der Waals surface area (Å²) in [5, 5.41) is 2.82. The molecule has 0 aliphatic carbocycles. The number of nitrogens with zero attached hydrogens (tertiary/aromatic N) is 1. The van der Waals surface area contributed by atoms with Crippen molar-refractivity contribution in [3.8, 4) is 5.75 Å². The first-order valence-corrected chi connectivity index (χ1v) is 11.1. The van der Waals surface area contributed by atoms with E-state index >= 15 is 0 Å². The van der Waals surface area contributed by atoms with Crippen LogP contribution in [0, 0.1) is 0 Å². The van der Waals surface area contributed by atoms with Crippen LogP contribution in [0.3, 0.4) is 0 Å². The molecule has 1 aliphatic heterocycles. The van der Waals surface area contributed by atoms with E-state index in [4.69, 9.17) is 4.74 Å². The van der Waals surface area contributed by atoms with Crippen molar-refractivity contribution >= 4 is 5.91 Å². The molecule has 2 atom stereocenters. The fourth-order valence-corrected chi connectivity index (χ4v) is 4.31. The molecule has 31 heavy (non-hydrogen) atoms. The number of rotatable bonds is 7. The number of carbonyl (C=O) groups is 1. The van der Waals surface area contributed by atoms with Crippen molar-refractivity contribution in [1.82, 2.24) is 10.2 Å². The van der Waals surface area contributed by atoms with Gasteiger partial charge in [-0.15, -0.1) is 0 Å². The zero-order chi connectivity index (χ0) is 21.6. The van der Waals surface area contributed by atoms with Crippen LogP contribution in [-0.2, 0) is 17.8 Å². The van der Waals surface area contributed by atoms with Gasteiger partial charge in [-0.25, -0.2) is 0 Å². The maximum Gasteiger partial charge on any atom is 0.260 e. The molecule has 1 amide bonds. The molecule has 3 aromatic carbocycles. The quantitative estimate of drug-likeness (QED) is 0.607. The number of carbonyl (C=O) groups excluding carboxylic acids is 1. The highest BCUT2D eigenvalue weighted by Crippen LogP contribution is 2.38. The molecule has 4 heteroatoms. The third kappa shape index (κ3) is 4.97. The first kappa shape index (κ1) is 21.1. The number of ether oxygens (including phenoxy) is 1. The van der Waals surface area contributed by atoms with Crippen LogP contribution in [0.25, 0.3) is 0 Å². The molecule has 0 fully saturated rings. The molecule has 0 unspecified atom stereocenters. The van der Waals surface area contributed by atoms with Gasteiger partial charge in [-0.2, -0.15) is 0 Å². The zero-order valence-corrected chi connectivity index (χ0v) is 18.3. The number of benzene rings is 3. The summed E-state index contributed by atoms with van der Waals surface area (Å²) in [6, 6.07) is 27.7. The van der Waals surface area contributed by atoms with Gasteiger partial charge in [-0.3, -0.25) is 9.69 Å². The molecule has 0 spiro atoms. The highest BCUT2D eigenvalue weighted by Gasteiger charge is 2.29. The molecule has 0 saturated heterocycles. The standard InChI is InChI=1S/C27H30N2O2/c1-3-28-27(30)20(2)31-24-15-14-22-16-17-29(19-21-10-6-4-7-11-21)26(25(22)18-24)23-12-8-5-9-13-23/h4-15,18,20,26H,3,16-17,19H2,1-2H3,(H,28,30)/t20-,26+/m0/s1. The number of fused-ring (bicyclic) bond motifs is 1. The number of likely N-dealkylation sites (N-methyl/N-ethyl adjacent to an activating group) is 1. The minimum atomic E-state index is -0.530. The van der Waals surface area contributed by atoms with E-state index in [0.29, 0.717) is 6.54 Å². The largest absolute Gasteiger partial charge is 0.481 e. The highest BCUT2D eigenvalue weighted by molar-refractivity contribution is 5.80. The smallest absolute Gasteiger partial charge is 0.260 e. The molecule has 0 bridgehead atoms. The van der Waals surface area contributed by atoms with Crippen LogP contribution in [0.2, 0.25) is 0 Å². The molecule has 3 aromatic rings. The van der Waals surface area contributed by atoms with Crippen molar-refractivity contribution in [1.29, 1.82) is 0 Å². The van der Waals surface area contributed by atoms with Gasteiger partial charge in [0.1, 0.15) is 5.75 Å². The highest BCUT2D eigenvalue weighted by atomic mass is 16.5. The summed E-state index contributed by atoms with van der Waals surface area (Å²) in [7, 11) is 0. The van der Waals surface area contributed by atoms with E-state index in [9.17, 15) is 4.79 Å². The second kappa shape index (κ2) is 9.80. The van der Waals surface area contributed by atoms with Crippen molar-refractivity contribution in [2.24, 2.45) is 0 Å². The van der Waals surface area contributed by atoms with Crippen LogP contribution in [0.5, 0.6) is 5.75 Å². The number of hydrogen-bond donors (Lipinski definition) is 1. The van der Waals surface area contributed by atoms with Gasteiger partial charge < -0.3 is 10.1 Å². The van der Waals surface area contributed by atoms with Gasteiger partial charge in [0.15, 0.2) is 6.10 Å². The Morgan fingerprint density at radius 1 is 1.06 bits per heavy atom. The summed E-state index contributed by atoms with van der Waals surface area (Å²) in [6.07, 6.45) is 0.467. The van der Waals surface area contributed by atoms with Gasteiger partial charge in [0.2, 0.25) is 0 Å². The molecule has 1 N–H and O–H groups in total. The van der Waals surface area contributed by atoms with Crippen LogP contribution in [0.15, 0.2) is 78.9 Å². The van der Waals surface area contributed by atoms with Crippen molar-refractivity contribution in [3.05, 3.63) is 101 Å². The molecule has 160 valence electrons. The maximum atomic E-state index is 12.1. The first-order valence-electron chi connectivity index (χ1n) is 11.1. The van der Waals surface area contributed by atoms with Crippen LogP contribution in [0.1, 0.15) is 42.1 Å². The minimum Gasteiger partial charge on any atom is -0.481 e. The van der Waals surface area contributed by atoms with Crippen molar-refractivity contribution in [2.45, 2.75) is 39.0 Å². The van der Waals surface area contributed by atoms with Gasteiger partial charge in [0, 0.05) is 19.6 Å².